The Morgan fingerprint density at radius 2 is 1.97 bits per heavy atom. The lowest BCUT2D eigenvalue weighted by Gasteiger charge is -2.45. The SMILES string of the molecule is O=C(NC[C@@H](C(=O)Nc1ccc(N2CCOCC2=O)c(F)c1)N(CC1CCC1)C1CCC1)c1ccc(Cl)s1. The molecule has 2 aromatic rings. The topological polar surface area (TPSA) is 91.0 Å². The van der Waals surface area contributed by atoms with Crippen molar-refractivity contribution in [3.05, 3.63) is 45.4 Å². The van der Waals surface area contributed by atoms with Gasteiger partial charge >= 0.3 is 0 Å². The first-order valence-electron chi connectivity index (χ1n) is 13.2. The summed E-state index contributed by atoms with van der Waals surface area (Å²) in [6.07, 6.45) is 6.64. The molecule has 2 saturated carbocycles. The number of morpholine rings is 1. The van der Waals surface area contributed by atoms with Crippen LogP contribution in [0.2, 0.25) is 4.34 Å². The summed E-state index contributed by atoms with van der Waals surface area (Å²) in [5.74, 6) is -0.928. The van der Waals surface area contributed by atoms with Crippen LogP contribution in [0.25, 0.3) is 0 Å². The Morgan fingerprint density at radius 1 is 1.18 bits per heavy atom. The first-order valence-corrected chi connectivity index (χ1v) is 14.4. The maximum Gasteiger partial charge on any atom is 0.261 e. The molecular weight excluding hydrogens is 531 g/mol. The van der Waals surface area contributed by atoms with E-state index in [1.807, 2.05) is 0 Å². The minimum atomic E-state index is -0.608. The Hall–Kier alpha value is -2.53. The highest BCUT2D eigenvalue weighted by Crippen LogP contribution is 2.33. The van der Waals surface area contributed by atoms with Crippen LogP contribution in [0.3, 0.4) is 0 Å². The van der Waals surface area contributed by atoms with Crippen LogP contribution in [0, 0.1) is 11.7 Å². The molecule has 1 aliphatic heterocycles. The molecule has 11 heteroatoms. The molecule has 3 aliphatic rings. The summed E-state index contributed by atoms with van der Waals surface area (Å²) in [4.78, 5) is 42.6. The number of halogens is 2. The van der Waals surface area contributed by atoms with Gasteiger partial charge in [0.2, 0.25) is 5.91 Å². The van der Waals surface area contributed by atoms with E-state index < -0.39 is 11.9 Å². The maximum atomic E-state index is 15.0. The quantitative estimate of drug-likeness (QED) is 0.451. The Labute approximate surface area is 230 Å². The number of rotatable bonds is 10. The van der Waals surface area contributed by atoms with Crippen LogP contribution < -0.4 is 15.5 Å². The standard InChI is InChI=1S/C27H32ClFN4O4S/c28-24-10-9-23(38-24)27(36)30-14-22(33(19-5-2-6-19)15-17-3-1-4-17)26(35)31-18-7-8-21(20(29)13-18)32-11-12-37-16-25(32)34/h7-10,13,17,19,22H,1-6,11-12,14-16H2,(H,30,36)(H,31,35)/t22-/m0/s1. The van der Waals surface area contributed by atoms with Crippen LogP contribution in [0.4, 0.5) is 15.8 Å². The van der Waals surface area contributed by atoms with Gasteiger partial charge in [-0.3, -0.25) is 19.3 Å². The van der Waals surface area contributed by atoms with E-state index in [2.05, 4.69) is 15.5 Å². The number of hydrogen-bond acceptors (Lipinski definition) is 6. The van der Waals surface area contributed by atoms with Gasteiger partial charge in [0.1, 0.15) is 18.5 Å². The average Bonchev–Trinajstić information content (AvgIpc) is 3.27. The second kappa shape index (κ2) is 12.1. The number of benzene rings is 1. The van der Waals surface area contributed by atoms with Crippen molar-refractivity contribution in [2.45, 2.75) is 50.6 Å². The van der Waals surface area contributed by atoms with E-state index in [0.29, 0.717) is 27.4 Å². The third kappa shape index (κ3) is 6.20. The molecule has 0 spiro atoms. The van der Waals surface area contributed by atoms with Crippen molar-refractivity contribution < 1.29 is 23.5 Å². The molecule has 204 valence electrons. The van der Waals surface area contributed by atoms with Crippen molar-refractivity contribution >= 4 is 52.0 Å². The number of nitrogens with zero attached hydrogens (tertiary/aromatic N) is 2. The zero-order valence-electron chi connectivity index (χ0n) is 21.1. The molecule has 1 saturated heterocycles. The molecule has 2 aliphatic carbocycles. The summed E-state index contributed by atoms with van der Waals surface area (Å²) in [7, 11) is 0. The molecule has 0 radical (unpaired) electrons. The lowest BCUT2D eigenvalue weighted by molar-refractivity contribution is -0.126. The van der Waals surface area contributed by atoms with Gasteiger partial charge in [0.15, 0.2) is 0 Å². The number of nitrogens with one attached hydrogen (secondary N) is 2. The second-order valence-corrected chi connectivity index (χ2v) is 11.9. The Morgan fingerprint density at radius 3 is 2.58 bits per heavy atom. The van der Waals surface area contributed by atoms with Gasteiger partial charge in [0.25, 0.3) is 11.8 Å². The van der Waals surface area contributed by atoms with Crippen LogP contribution in [-0.2, 0) is 14.3 Å². The van der Waals surface area contributed by atoms with Gasteiger partial charge in [-0.15, -0.1) is 11.3 Å². The van der Waals surface area contributed by atoms with E-state index in [0.717, 1.165) is 38.6 Å². The van der Waals surface area contributed by atoms with Gasteiger partial charge < -0.3 is 20.3 Å². The molecule has 8 nitrogen and oxygen atoms in total. The van der Waals surface area contributed by atoms with Gasteiger partial charge in [-0.2, -0.15) is 0 Å². The minimum Gasteiger partial charge on any atom is -0.370 e. The van der Waals surface area contributed by atoms with Crippen molar-refractivity contribution in [2.75, 3.05) is 43.1 Å². The fourth-order valence-corrected chi connectivity index (χ4v) is 6.06. The smallest absolute Gasteiger partial charge is 0.261 e. The number of carbonyl (C=O) groups is 3. The van der Waals surface area contributed by atoms with E-state index in [9.17, 15) is 14.4 Å². The van der Waals surface area contributed by atoms with Gasteiger partial charge in [-0.05, 0) is 61.9 Å². The van der Waals surface area contributed by atoms with E-state index >= 15 is 4.39 Å². The van der Waals surface area contributed by atoms with Gasteiger partial charge in [-0.25, -0.2) is 4.39 Å². The van der Waals surface area contributed by atoms with Crippen LogP contribution in [0.5, 0.6) is 0 Å². The van der Waals surface area contributed by atoms with Crippen molar-refractivity contribution in [1.82, 2.24) is 10.2 Å². The molecule has 3 amide bonds. The van der Waals surface area contributed by atoms with E-state index in [1.165, 1.54) is 34.8 Å². The summed E-state index contributed by atoms with van der Waals surface area (Å²) < 4.78 is 20.7. The predicted molar refractivity (Wildman–Crippen MR) is 145 cm³/mol. The van der Waals surface area contributed by atoms with E-state index in [1.54, 1.807) is 18.2 Å². The van der Waals surface area contributed by atoms with Crippen molar-refractivity contribution in [3.63, 3.8) is 0 Å². The first-order chi connectivity index (χ1) is 18.4. The summed E-state index contributed by atoms with van der Waals surface area (Å²) >= 11 is 7.18. The fourth-order valence-electron chi connectivity index (χ4n) is 5.10. The van der Waals surface area contributed by atoms with Crippen LogP contribution in [0.1, 0.15) is 48.2 Å². The maximum absolute atomic E-state index is 15.0. The highest BCUT2D eigenvalue weighted by molar-refractivity contribution is 7.18. The minimum absolute atomic E-state index is 0.0823. The third-order valence-electron chi connectivity index (χ3n) is 7.69. The van der Waals surface area contributed by atoms with Crippen molar-refractivity contribution in [1.29, 1.82) is 0 Å². The van der Waals surface area contributed by atoms with Crippen molar-refractivity contribution in [2.24, 2.45) is 5.92 Å². The summed E-state index contributed by atoms with van der Waals surface area (Å²) in [5.41, 5.74) is 0.464. The summed E-state index contributed by atoms with van der Waals surface area (Å²) in [5, 5.41) is 5.79. The molecule has 1 atom stereocenters. The number of amides is 3. The molecule has 1 aromatic heterocycles. The third-order valence-corrected chi connectivity index (χ3v) is 8.92. The molecule has 38 heavy (non-hydrogen) atoms. The number of thiophene rings is 1. The lowest BCUT2D eigenvalue weighted by Crippen LogP contribution is -2.57. The Balaban J connectivity index is 1.32. The molecule has 0 unspecified atom stereocenters. The Kier molecular flexibility index (Phi) is 8.62. The highest BCUT2D eigenvalue weighted by atomic mass is 35.5. The van der Waals surface area contributed by atoms with Gasteiger partial charge in [-0.1, -0.05) is 24.4 Å². The lowest BCUT2D eigenvalue weighted by atomic mass is 9.82. The summed E-state index contributed by atoms with van der Waals surface area (Å²) in [6, 6.07) is 7.35. The van der Waals surface area contributed by atoms with Crippen molar-refractivity contribution in [3.8, 4) is 0 Å². The number of hydrogen-bond donors (Lipinski definition) is 2. The number of anilines is 2. The normalized spacial score (nSPS) is 19.1. The largest absolute Gasteiger partial charge is 0.370 e. The van der Waals surface area contributed by atoms with Crippen LogP contribution >= 0.6 is 22.9 Å². The van der Waals surface area contributed by atoms with Gasteiger partial charge in [0, 0.05) is 31.4 Å². The molecule has 2 heterocycles. The first kappa shape index (κ1) is 27.1. The Bertz CT molecular complexity index is 1190. The zero-order valence-corrected chi connectivity index (χ0v) is 22.7. The molecule has 3 fully saturated rings. The van der Waals surface area contributed by atoms with E-state index in [4.69, 9.17) is 16.3 Å². The molecule has 0 bridgehead atoms. The van der Waals surface area contributed by atoms with Crippen LogP contribution in [0.15, 0.2) is 30.3 Å². The fraction of sp³-hybridized carbons (Fsp3) is 0.519. The summed E-state index contributed by atoms with van der Waals surface area (Å²) in [6.45, 7) is 1.46. The highest BCUT2D eigenvalue weighted by Gasteiger charge is 2.37. The second-order valence-electron chi connectivity index (χ2n) is 10.2. The number of carbonyl (C=O) groups excluding carboxylic acids is 3. The molecular formula is C27H32ClFN4O4S. The number of ether oxygens (including phenoxy) is 1. The van der Waals surface area contributed by atoms with E-state index in [-0.39, 0.29) is 49.1 Å². The van der Waals surface area contributed by atoms with Gasteiger partial charge in [0.05, 0.1) is 21.5 Å². The average molecular weight is 563 g/mol. The molecule has 2 N–H and O–H groups in total. The molecule has 5 rings (SSSR count). The molecule has 1 aromatic carbocycles. The van der Waals surface area contributed by atoms with Crippen LogP contribution in [-0.4, -0.2) is 67.6 Å². The zero-order chi connectivity index (χ0) is 26.6. The predicted octanol–water partition coefficient (Wildman–Crippen LogP) is 4.30. The monoisotopic (exact) mass is 562 g/mol.